The largest absolute Gasteiger partial charge is 0.465 e. The Kier molecular flexibility index (Phi) is 8.25. The summed E-state index contributed by atoms with van der Waals surface area (Å²) in [4.78, 5) is 11.1. The van der Waals surface area contributed by atoms with Crippen molar-refractivity contribution >= 4 is 16.7 Å². The molecule has 0 radical (unpaired) electrons. The summed E-state index contributed by atoms with van der Waals surface area (Å²) in [7, 11) is 1.39. The molecule has 148 valence electrons. The minimum atomic E-state index is -0.277. The molecule has 0 aliphatic rings. The van der Waals surface area contributed by atoms with Gasteiger partial charge in [-0.2, -0.15) is 0 Å². The number of esters is 1. The lowest BCUT2D eigenvalue weighted by atomic mass is 9.96. The summed E-state index contributed by atoms with van der Waals surface area (Å²) < 4.78 is 4.62. The molecule has 0 bridgehead atoms. The molecular formula is C26H32O2. The van der Waals surface area contributed by atoms with Crippen LogP contribution in [-0.4, -0.2) is 13.1 Å². The molecule has 2 nitrogen and oxygen atoms in total. The summed E-state index contributed by atoms with van der Waals surface area (Å²) in [5, 5.41) is 2.69. The van der Waals surface area contributed by atoms with Gasteiger partial charge in [0.25, 0.3) is 0 Å². The fourth-order valence-electron chi connectivity index (χ4n) is 3.05. The van der Waals surface area contributed by atoms with Gasteiger partial charge in [-0.05, 0) is 58.7 Å². The first-order valence-corrected chi connectivity index (χ1v) is 10.2. The van der Waals surface area contributed by atoms with Gasteiger partial charge in [-0.1, -0.05) is 82.3 Å². The van der Waals surface area contributed by atoms with Gasteiger partial charge >= 0.3 is 5.97 Å². The van der Waals surface area contributed by atoms with E-state index in [2.05, 4.69) is 74.9 Å². The second kappa shape index (κ2) is 10.7. The second-order valence-electron chi connectivity index (χ2n) is 7.34. The molecule has 3 aromatic rings. The zero-order valence-electron chi connectivity index (χ0n) is 17.7. The van der Waals surface area contributed by atoms with Crippen molar-refractivity contribution in [1.29, 1.82) is 0 Å². The van der Waals surface area contributed by atoms with E-state index in [-0.39, 0.29) is 5.97 Å². The summed E-state index contributed by atoms with van der Waals surface area (Å²) in [6.45, 7) is 8.84. The van der Waals surface area contributed by atoms with Gasteiger partial charge in [0, 0.05) is 0 Å². The van der Waals surface area contributed by atoms with Gasteiger partial charge in [-0.25, -0.2) is 4.79 Å². The van der Waals surface area contributed by atoms with Crippen LogP contribution in [0, 0.1) is 0 Å². The van der Waals surface area contributed by atoms with Crippen molar-refractivity contribution in [2.75, 3.05) is 7.11 Å². The molecule has 3 rings (SSSR count). The first kappa shape index (κ1) is 21.7. The van der Waals surface area contributed by atoms with Gasteiger partial charge in [0.1, 0.15) is 0 Å². The summed E-state index contributed by atoms with van der Waals surface area (Å²) in [6.07, 6.45) is 2.32. The molecule has 0 heterocycles. The molecular weight excluding hydrogens is 344 g/mol. The Bertz CT molecular complexity index is 880. The molecule has 0 spiro atoms. The van der Waals surface area contributed by atoms with Gasteiger partial charge in [0.2, 0.25) is 0 Å². The van der Waals surface area contributed by atoms with E-state index >= 15 is 0 Å². The van der Waals surface area contributed by atoms with E-state index in [1.807, 2.05) is 24.3 Å². The number of rotatable bonds is 5. The summed E-state index contributed by atoms with van der Waals surface area (Å²) in [5.74, 6) is 0.932. The molecule has 3 aromatic carbocycles. The molecule has 2 unspecified atom stereocenters. The van der Waals surface area contributed by atoms with E-state index in [1.165, 1.54) is 35.4 Å². The van der Waals surface area contributed by atoms with Gasteiger partial charge in [-0.15, -0.1) is 0 Å². The highest BCUT2D eigenvalue weighted by Gasteiger charge is 2.06. The quantitative estimate of drug-likeness (QED) is 0.435. The van der Waals surface area contributed by atoms with Crippen LogP contribution >= 0.6 is 0 Å². The van der Waals surface area contributed by atoms with Crippen molar-refractivity contribution in [3.8, 4) is 0 Å². The number of fused-ring (bicyclic) bond motifs is 1. The maximum atomic E-state index is 11.1. The van der Waals surface area contributed by atoms with Crippen LogP contribution in [0.1, 0.15) is 73.9 Å². The first-order chi connectivity index (χ1) is 13.5. The van der Waals surface area contributed by atoms with Crippen LogP contribution in [0.15, 0.2) is 66.7 Å². The minimum absolute atomic E-state index is 0.277. The van der Waals surface area contributed by atoms with Crippen molar-refractivity contribution in [1.82, 2.24) is 0 Å². The van der Waals surface area contributed by atoms with E-state index in [1.54, 1.807) is 0 Å². The van der Waals surface area contributed by atoms with E-state index in [0.29, 0.717) is 17.4 Å². The topological polar surface area (TPSA) is 26.3 Å². The first-order valence-electron chi connectivity index (χ1n) is 10.2. The maximum Gasteiger partial charge on any atom is 0.337 e. The zero-order valence-corrected chi connectivity index (χ0v) is 17.7. The summed E-state index contributed by atoms with van der Waals surface area (Å²) in [6, 6.07) is 22.9. The Hall–Kier alpha value is -2.61. The third-order valence-electron chi connectivity index (χ3n) is 5.47. The molecule has 0 saturated heterocycles. The SMILES string of the molecule is CCC(C)c1ccc(C(=O)OC)cc1.CCC(C)c1ccc2ccccc2c1. The van der Waals surface area contributed by atoms with Crippen LogP contribution < -0.4 is 0 Å². The average molecular weight is 377 g/mol. The smallest absolute Gasteiger partial charge is 0.337 e. The normalized spacial score (nSPS) is 12.6. The number of hydrogen-bond acceptors (Lipinski definition) is 2. The number of ether oxygens (including phenoxy) is 1. The maximum absolute atomic E-state index is 11.1. The molecule has 0 aromatic heterocycles. The van der Waals surface area contributed by atoms with Crippen LogP contribution in [0.2, 0.25) is 0 Å². The van der Waals surface area contributed by atoms with E-state index in [9.17, 15) is 4.79 Å². The van der Waals surface area contributed by atoms with Crippen LogP contribution in [0.4, 0.5) is 0 Å². The van der Waals surface area contributed by atoms with Crippen LogP contribution in [-0.2, 0) is 4.74 Å². The number of carbonyl (C=O) groups is 1. The van der Waals surface area contributed by atoms with Crippen molar-refractivity contribution in [2.45, 2.75) is 52.4 Å². The molecule has 0 aliphatic carbocycles. The van der Waals surface area contributed by atoms with Crippen molar-refractivity contribution in [2.24, 2.45) is 0 Å². The molecule has 2 atom stereocenters. The lowest BCUT2D eigenvalue weighted by molar-refractivity contribution is 0.0600. The number of hydrogen-bond donors (Lipinski definition) is 0. The number of methoxy groups -OCH3 is 1. The standard InChI is InChI=1S/C14H16.C12H16O2/c1-3-11(2)13-9-8-12-6-4-5-7-14(12)10-13;1-4-9(2)10-5-7-11(8-6-10)12(13)14-3/h4-11H,3H2,1-2H3;5-9H,4H2,1-3H3. The molecule has 0 N–H and O–H groups in total. The van der Waals surface area contributed by atoms with Gasteiger partial charge in [-0.3, -0.25) is 0 Å². The minimum Gasteiger partial charge on any atom is -0.465 e. The van der Waals surface area contributed by atoms with Crippen molar-refractivity contribution < 1.29 is 9.53 Å². The molecule has 0 saturated carbocycles. The third kappa shape index (κ3) is 5.69. The average Bonchev–Trinajstić information content (AvgIpc) is 2.77. The Morgan fingerprint density at radius 3 is 1.89 bits per heavy atom. The Labute approximate surface area is 169 Å². The number of benzene rings is 3. The van der Waals surface area contributed by atoms with Crippen LogP contribution in [0.3, 0.4) is 0 Å². The van der Waals surface area contributed by atoms with E-state index < -0.39 is 0 Å². The lowest BCUT2D eigenvalue weighted by Gasteiger charge is -2.09. The Morgan fingerprint density at radius 2 is 1.32 bits per heavy atom. The predicted octanol–water partition coefficient (Wildman–Crippen LogP) is 7.34. The van der Waals surface area contributed by atoms with Crippen molar-refractivity contribution in [3.05, 3.63) is 83.4 Å². The van der Waals surface area contributed by atoms with Gasteiger partial charge in [0.05, 0.1) is 12.7 Å². The molecule has 0 amide bonds. The highest BCUT2D eigenvalue weighted by Crippen LogP contribution is 2.23. The van der Waals surface area contributed by atoms with Crippen LogP contribution in [0.5, 0.6) is 0 Å². The predicted molar refractivity (Wildman–Crippen MR) is 119 cm³/mol. The Morgan fingerprint density at radius 1 is 0.786 bits per heavy atom. The highest BCUT2D eigenvalue weighted by molar-refractivity contribution is 5.89. The lowest BCUT2D eigenvalue weighted by Crippen LogP contribution is -2.01. The van der Waals surface area contributed by atoms with Crippen LogP contribution in [0.25, 0.3) is 10.8 Å². The van der Waals surface area contributed by atoms with Gasteiger partial charge < -0.3 is 4.74 Å². The second-order valence-corrected chi connectivity index (χ2v) is 7.34. The molecule has 2 heteroatoms. The zero-order chi connectivity index (χ0) is 20.5. The fraction of sp³-hybridized carbons (Fsp3) is 0.346. The van der Waals surface area contributed by atoms with E-state index in [0.717, 1.165) is 6.42 Å². The molecule has 28 heavy (non-hydrogen) atoms. The summed E-state index contributed by atoms with van der Waals surface area (Å²) in [5.41, 5.74) is 3.32. The molecule has 0 aliphatic heterocycles. The third-order valence-corrected chi connectivity index (χ3v) is 5.47. The highest BCUT2D eigenvalue weighted by atomic mass is 16.5. The fourth-order valence-corrected chi connectivity index (χ4v) is 3.05. The van der Waals surface area contributed by atoms with E-state index in [4.69, 9.17) is 0 Å². The monoisotopic (exact) mass is 376 g/mol. The van der Waals surface area contributed by atoms with Crippen molar-refractivity contribution in [3.63, 3.8) is 0 Å². The Balaban J connectivity index is 0.000000200. The van der Waals surface area contributed by atoms with Gasteiger partial charge in [0.15, 0.2) is 0 Å². The summed E-state index contributed by atoms with van der Waals surface area (Å²) >= 11 is 0. The number of carbonyl (C=O) groups excluding carboxylic acids is 1. The molecule has 0 fully saturated rings.